The molecule has 5 heteroatoms. The van der Waals surface area contributed by atoms with Crippen LogP contribution in [0.2, 0.25) is 0 Å². The quantitative estimate of drug-likeness (QED) is 0.325. The van der Waals surface area contributed by atoms with Gasteiger partial charge in [-0.25, -0.2) is 9.97 Å². The molecule has 0 spiro atoms. The Labute approximate surface area is 172 Å². The van der Waals surface area contributed by atoms with Crippen molar-refractivity contribution in [1.29, 1.82) is 0 Å². The Morgan fingerprint density at radius 3 is 2.21 bits per heavy atom. The van der Waals surface area contributed by atoms with Crippen molar-refractivity contribution in [1.82, 2.24) is 15.0 Å². The van der Waals surface area contributed by atoms with Gasteiger partial charge in [-0.3, -0.25) is 4.98 Å². The molecule has 2 unspecified atom stereocenters. The van der Waals surface area contributed by atoms with E-state index in [1.807, 2.05) is 6.20 Å². The normalized spacial score (nSPS) is 13.8. The summed E-state index contributed by atoms with van der Waals surface area (Å²) < 4.78 is 1.42. The van der Waals surface area contributed by atoms with Crippen LogP contribution in [0.4, 0.5) is 0 Å². The molecule has 130 valence electrons. The molecule has 2 rings (SSSR count). The SMILES string of the molecule is CCc1cncc(CC(C)c2c(CC)ncnc2CI)c1C(C)I. The third-order valence-electron chi connectivity index (χ3n) is 4.46. The largest absolute Gasteiger partial charge is 0.264 e. The van der Waals surface area contributed by atoms with E-state index in [0.29, 0.717) is 9.84 Å². The summed E-state index contributed by atoms with van der Waals surface area (Å²) in [7, 11) is 0. The summed E-state index contributed by atoms with van der Waals surface area (Å²) in [6, 6.07) is 0. The molecule has 24 heavy (non-hydrogen) atoms. The monoisotopic (exact) mass is 549 g/mol. The van der Waals surface area contributed by atoms with Gasteiger partial charge in [-0.1, -0.05) is 66.0 Å². The maximum atomic E-state index is 4.53. The molecule has 0 aliphatic rings. The lowest BCUT2D eigenvalue weighted by molar-refractivity contribution is 0.710. The Morgan fingerprint density at radius 2 is 1.62 bits per heavy atom. The van der Waals surface area contributed by atoms with E-state index >= 15 is 0 Å². The van der Waals surface area contributed by atoms with Crippen LogP contribution < -0.4 is 0 Å². The van der Waals surface area contributed by atoms with Crippen molar-refractivity contribution in [2.45, 2.75) is 61.2 Å². The fourth-order valence-corrected chi connectivity index (χ4v) is 4.79. The molecule has 0 aliphatic carbocycles. The summed E-state index contributed by atoms with van der Waals surface area (Å²) in [5.74, 6) is 0.397. The number of aromatic nitrogens is 3. The van der Waals surface area contributed by atoms with Gasteiger partial charge >= 0.3 is 0 Å². The molecule has 0 amide bonds. The van der Waals surface area contributed by atoms with Gasteiger partial charge in [0.2, 0.25) is 0 Å². The molecule has 2 aromatic heterocycles. The van der Waals surface area contributed by atoms with Crippen molar-refractivity contribution in [3.8, 4) is 0 Å². The van der Waals surface area contributed by atoms with Crippen LogP contribution in [-0.4, -0.2) is 15.0 Å². The molecule has 0 fully saturated rings. The van der Waals surface area contributed by atoms with E-state index in [9.17, 15) is 0 Å². The Kier molecular flexibility index (Phi) is 7.84. The average molecular weight is 549 g/mol. The minimum absolute atomic E-state index is 0.397. The maximum Gasteiger partial charge on any atom is 0.115 e. The highest BCUT2D eigenvalue weighted by atomic mass is 127. The Morgan fingerprint density at radius 1 is 0.958 bits per heavy atom. The third kappa shape index (κ3) is 4.45. The number of hydrogen-bond acceptors (Lipinski definition) is 3. The smallest absolute Gasteiger partial charge is 0.115 e. The molecular weight excluding hydrogens is 524 g/mol. The minimum atomic E-state index is 0.397. The van der Waals surface area contributed by atoms with E-state index in [-0.39, 0.29) is 0 Å². The van der Waals surface area contributed by atoms with Crippen LogP contribution in [0, 0.1) is 0 Å². The Balaban J connectivity index is 2.43. The van der Waals surface area contributed by atoms with Gasteiger partial charge in [0.25, 0.3) is 0 Å². The lowest BCUT2D eigenvalue weighted by Gasteiger charge is -2.21. The molecule has 0 aliphatic heterocycles. The summed E-state index contributed by atoms with van der Waals surface area (Å²) in [6.07, 6.45) is 8.77. The number of halogens is 2. The lowest BCUT2D eigenvalue weighted by atomic mass is 9.88. The minimum Gasteiger partial charge on any atom is -0.264 e. The van der Waals surface area contributed by atoms with Gasteiger partial charge in [-0.15, -0.1) is 0 Å². The Bertz CT molecular complexity index is 664. The van der Waals surface area contributed by atoms with E-state index in [1.165, 1.54) is 33.6 Å². The van der Waals surface area contributed by atoms with Crippen molar-refractivity contribution < 1.29 is 0 Å². The molecule has 2 heterocycles. The first-order chi connectivity index (χ1) is 11.5. The first kappa shape index (κ1) is 20.0. The zero-order valence-corrected chi connectivity index (χ0v) is 19.1. The molecule has 0 N–H and O–H groups in total. The van der Waals surface area contributed by atoms with E-state index in [4.69, 9.17) is 0 Å². The number of nitrogens with zero attached hydrogens (tertiary/aromatic N) is 3. The molecule has 3 nitrogen and oxygen atoms in total. The van der Waals surface area contributed by atoms with Gasteiger partial charge in [0.1, 0.15) is 6.33 Å². The van der Waals surface area contributed by atoms with Gasteiger partial charge in [0.05, 0.1) is 5.69 Å². The fraction of sp³-hybridized carbons (Fsp3) is 0.526. The summed E-state index contributed by atoms with van der Waals surface area (Å²) >= 11 is 4.92. The number of alkyl halides is 2. The van der Waals surface area contributed by atoms with Crippen LogP contribution in [0.25, 0.3) is 0 Å². The van der Waals surface area contributed by atoms with Crippen molar-refractivity contribution >= 4 is 45.2 Å². The maximum absolute atomic E-state index is 4.53. The van der Waals surface area contributed by atoms with Gasteiger partial charge in [-0.2, -0.15) is 0 Å². The Hall–Kier alpha value is -0.310. The first-order valence-corrected chi connectivity index (χ1v) is 11.3. The van der Waals surface area contributed by atoms with E-state index in [2.05, 4.69) is 94.0 Å². The number of rotatable bonds is 7. The van der Waals surface area contributed by atoms with Crippen LogP contribution in [0.3, 0.4) is 0 Å². The van der Waals surface area contributed by atoms with Gasteiger partial charge in [0.15, 0.2) is 0 Å². The molecular formula is C19H25I2N3. The molecule has 0 radical (unpaired) electrons. The van der Waals surface area contributed by atoms with Crippen molar-refractivity contribution in [2.24, 2.45) is 0 Å². The molecule has 0 saturated carbocycles. The molecule has 0 aromatic carbocycles. The van der Waals surface area contributed by atoms with Crippen LogP contribution >= 0.6 is 45.2 Å². The van der Waals surface area contributed by atoms with Gasteiger partial charge in [0, 0.05) is 26.4 Å². The predicted molar refractivity (Wildman–Crippen MR) is 117 cm³/mol. The molecule has 0 bridgehead atoms. The number of aryl methyl sites for hydroxylation is 2. The lowest BCUT2D eigenvalue weighted by Crippen LogP contribution is -2.11. The predicted octanol–water partition coefficient (Wildman–Crippen LogP) is 5.77. The summed E-state index contributed by atoms with van der Waals surface area (Å²) in [5, 5.41) is 0. The standard InChI is InChI=1S/C19H25I2N3/c1-5-14-9-22-10-15(19(14)13(4)21)7-12(3)18-16(6-2)23-11-24-17(18)8-20/h9-13H,5-8H2,1-4H3. The highest BCUT2D eigenvalue weighted by Crippen LogP contribution is 2.33. The van der Waals surface area contributed by atoms with E-state index < -0.39 is 0 Å². The topological polar surface area (TPSA) is 38.7 Å². The van der Waals surface area contributed by atoms with Gasteiger partial charge < -0.3 is 0 Å². The van der Waals surface area contributed by atoms with E-state index in [0.717, 1.165) is 23.7 Å². The van der Waals surface area contributed by atoms with Crippen LogP contribution in [0.1, 0.15) is 71.2 Å². The van der Waals surface area contributed by atoms with Crippen LogP contribution in [-0.2, 0) is 23.7 Å². The highest BCUT2D eigenvalue weighted by molar-refractivity contribution is 14.1. The van der Waals surface area contributed by atoms with Crippen molar-refractivity contribution in [3.63, 3.8) is 0 Å². The zero-order valence-electron chi connectivity index (χ0n) is 14.8. The zero-order chi connectivity index (χ0) is 17.7. The van der Waals surface area contributed by atoms with Crippen LogP contribution in [0.5, 0.6) is 0 Å². The van der Waals surface area contributed by atoms with Crippen molar-refractivity contribution in [3.05, 3.63) is 52.4 Å². The molecule has 0 saturated heterocycles. The van der Waals surface area contributed by atoms with Crippen LogP contribution in [0.15, 0.2) is 18.7 Å². The second kappa shape index (κ2) is 9.40. The summed E-state index contributed by atoms with van der Waals surface area (Å²) in [5.41, 5.74) is 7.91. The highest BCUT2D eigenvalue weighted by Gasteiger charge is 2.20. The molecule has 2 atom stereocenters. The van der Waals surface area contributed by atoms with Gasteiger partial charge in [-0.05, 0) is 54.4 Å². The van der Waals surface area contributed by atoms with E-state index in [1.54, 1.807) is 6.33 Å². The first-order valence-electron chi connectivity index (χ1n) is 8.51. The second-order valence-corrected chi connectivity index (χ2v) is 8.75. The third-order valence-corrected chi connectivity index (χ3v) is 5.81. The summed E-state index contributed by atoms with van der Waals surface area (Å²) in [4.78, 5) is 13.5. The average Bonchev–Trinajstić information content (AvgIpc) is 2.60. The summed E-state index contributed by atoms with van der Waals surface area (Å²) in [6.45, 7) is 8.95. The second-order valence-electron chi connectivity index (χ2n) is 6.11. The number of pyridine rings is 1. The molecule has 2 aromatic rings. The fourth-order valence-electron chi connectivity index (χ4n) is 3.38. The van der Waals surface area contributed by atoms with Crippen molar-refractivity contribution in [2.75, 3.05) is 0 Å². The number of hydrogen-bond donors (Lipinski definition) is 0.